The lowest BCUT2D eigenvalue weighted by Crippen LogP contribution is -2.23. The van der Waals surface area contributed by atoms with Crippen LogP contribution < -0.4 is 5.32 Å². The molecule has 0 fully saturated rings. The first kappa shape index (κ1) is 14.2. The second kappa shape index (κ2) is 5.80. The number of halogens is 2. The molecule has 0 spiro atoms. The minimum atomic E-state index is -0.755. The van der Waals surface area contributed by atoms with Crippen molar-refractivity contribution in [1.29, 1.82) is 0 Å². The SMILES string of the molecule is CCNC(c1ccc(C)c(F)c1F)c1sccc1C. The zero-order valence-corrected chi connectivity index (χ0v) is 12.1. The topological polar surface area (TPSA) is 12.0 Å². The van der Waals surface area contributed by atoms with Crippen molar-refractivity contribution in [3.63, 3.8) is 0 Å². The average Bonchev–Trinajstić information content (AvgIpc) is 2.80. The van der Waals surface area contributed by atoms with Crippen LogP contribution in [0, 0.1) is 25.5 Å². The highest BCUT2D eigenvalue weighted by molar-refractivity contribution is 7.10. The molecule has 0 amide bonds. The van der Waals surface area contributed by atoms with Gasteiger partial charge in [0.2, 0.25) is 0 Å². The van der Waals surface area contributed by atoms with Crippen LogP contribution >= 0.6 is 11.3 Å². The smallest absolute Gasteiger partial charge is 0.164 e. The van der Waals surface area contributed by atoms with Crippen molar-refractivity contribution in [3.8, 4) is 0 Å². The van der Waals surface area contributed by atoms with E-state index in [4.69, 9.17) is 0 Å². The van der Waals surface area contributed by atoms with Gasteiger partial charge in [-0.15, -0.1) is 11.3 Å². The van der Waals surface area contributed by atoms with E-state index in [1.807, 2.05) is 25.3 Å². The predicted octanol–water partition coefficient (Wildman–Crippen LogP) is 4.34. The van der Waals surface area contributed by atoms with Gasteiger partial charge in [-0.05, 0) is 43.0 Å². The summed E-state index contributed by atoms with van der Waals surface area (Å²) in [5, 5.41) is 5.20. The standard InChI is InChI=1S/C15H17F2NS/c1-4-18-14(15-10(3)7-8-19-15)11-6-5-9(2)12(16)13(11)17/h5-8,14,18H,4H2,1-3H3. The van der Waals surface area contributed by atoms with E-state index in [-0.39, 0.29) is 6.04 Å². The maximum atomic E-state index is 14.1. The molecular formula is C15H17F2NS. The highest BCUT2D eigenvalue weighted by atomic mass is 32.1. The summed E-state index contributed by atoms with van der Waals surface area (Å²) >= 11 is 1.56. The molecule has 1 unspecified atom stereocenters. The third-order valence-electron chi connectivity index (χ3n) is 3.19. The lowest BCUT2D eigenvalue weighted by atomic mass is 10.0. The van der Waals surface area contributed by atoms with Crippen LogP contribution in [0.5, 0.6) is 0 Å². The minimum Gasteiger partial charge on any atom is -0.306 e. The summed E-state index contributed by atoms with van der Waals surface area (Å²) in [5.41, 5.74) is 1.80. The van der Waals surface area contributed by atoms with Gasteiger partial charge in [-0.3, -0.25) is 0 Å². The van der Waals surface area contributed by atoms with E-state index in [9.17, 15) is 8.78 Å². The molecule has 2 aromatic rings. The van der Waals surface area contributed by atoms with Crippen LogP contribution in [-0.4, -0.2) is 6.54 Å². The highest BCUT2D eigenvalue weighted by Crippen LogP contribution is 2.32. The van der Waals surface area contributed by atoms with Crippen LogP contribution in [0.15, 0.2) is 23.6 Å². The molecule has 0 radical (unpaired) electrons. The Labute approximate surface area is 116 Å². The first-order valence-electron chi connectivity index (χ1n) is 6.28. The molecule has 1 aromatic heterocycles. The Hall–Kier alpha value is -1.26. The zero-order chi connectivity index (χ0) is 14.0. The average molecular weight is 281 g/mol. The summed E-state index contributed by atoms with van der Waals surface area (Å²) in [4.78, 5) is 1.03. The van der Waals surface area contributed by atoms with Gasteiger partial charge in [0.1, 0.15) is 0 Å². The lowest BCUT2D eigenvalue weighted by Gasteiger charge is -2.19. The van der Waals surface area contributed by atoms with Gasteiger partial charge in [-0.25, -0.2) is 8.78 Å². The molecule has 0 bridgehead atoms. The first-order chi connectivity index (χ1) is 9.06. The minimum absolute atomic E-state index is 0.292. The Bertz CT molecular complexity index is 578. The third-order valence-corrected chi connectivity index (χ3v) is 4.27. The Morgan fingerprint density at radius 3 is 2.42 bits per heavy atom. The van der Waals surface area contributed by atoms with Gasteiger partial charge in [0.05, 0.1) is 6.04 Å². The van der Waals surface area contributed by atoms with Gasteiger partial charge in [0.25, 0.3) is 0 Å². The fraction of sp³-hybridized carbons (Fsp3) is 0.333. The van der Waals surface area contributed by atoms with Crippen LogP contribution in [-0.2, 0) is 0 Å². The van der Waals surface area contributed by atoms with Crippen molar-refractivity contribution in [2.45, 2.75) is 26.8 Å². The monoisotopic (exact) mass is 281 g/mol. The number of hydrogen-bond donors (Lipinski definition) is 1. The Morgan fingerprint density at radius 1 is 1.11 bits per heavy atom. The first-order valence-corrected chi connectivity index (χ1v) is 7.16. The normalized spacial score (nSPS) is 12.7. The van der Waals surface area contributed by atoms with E-state index in [1.54, 1.807) is 30.4 Å². The maximum Gasteiger partial charge on any atom is 0.164 e. The van der Waals surface area contributed by atoms with E-state index < -0.39 is 11.6 Å². The summed E-state index contributed by atoms with van der Waals surface area (Å²) in [6, 6.07) is 4.99. The molecule has 1 nitrogen and oxygen atoms in total. The number of aryl methyl sites for hydroxylation is 2. The Morgan fingerprint density at radius 2 is 1.84 bits per heavy atom. The third kappa shape index (κ3) is 2.69. The molecule has 1 N–H and O–H groups in total. The fourth-order valence-corrected chi connectivity index (χ4v) is 3.13. The number of hydrogen-bond acceptors (Lipinski definition) is 2. The highest BCUT2D eigenvalue weighted by Gasteiger charge is 2.22. The number of nitrogens with one attached hydrogen (secondary N) is 1. The molecular weight excluding hydrogens is 264 g/mol. The lowest BCUT2D eigenvalue weighted by molar-refractivity contribution is 0.479. The molecule has 102 valence electrons. The summed E-state index contributed by atoms with van der Waals surface area (Å²) in [7, 11) is 0. The van der Waals surface area contributed by atoms with Gasteiger partial charge in [0.15, 0.2) is 11.6 Å². The number of benzene rings is 1. The molecule has 0 saturated heterocycles. The van der Waals surface area contributed by atoms with Gasteiger partial charge < -0.3 is 5.32 Å². The van der Waals surface area contributed by atoms with Crippen molar-refractivity contribution in [1.82, 2.24) is 5.32 Å². The largest absolute Gasteiger partial charge is 0.306 e. The molecule has 4 heteroatoms. The van der Waals surface area contributed by atoms with Crippen molar-refractivity contribution in [3.05, 3.63) is 56.8 Å². The molecule has 1 heterocycles. The van der Waals surface area contributed by atoms with Gasteiger partial charge in [-0.2, -0.15) is 0 Å². The van der Waals surface area contributed by atoms with Gasteiger partial charge in [0, 0.05) is 10.4 Å². The van der Waals surface area contributed by atoms with Crippen molar-refractivity contribution in [2.24, 2.45) is 0 Å². The van der Waals surface area contributed by atoms with Crippen LogP contribution in [0.3, 0.4) is 0 Å². The number of thiophene rings is 1. The summed E-state index contributed by atoms with van der Waals surface area (Å²) in [6.07, 6.45) is 0. The fourth-order valence-electron chi connectivity index (χ4n) is 2.11. The van der Waals surface area contributed by atoms with Gasteiger partial charge >= 0.3 is 0 Å². The molecule has 0 saturated carbocycles. The molecule has 0 aliphatic carbocycles. The molecule has 0 aliphatic heterocycles. The van der Waals surface area contributed by atoms with Crippen LogP contribution in [0.4, 0.5) is 8.78 Å². The van der Waals surface area contributed by atoms with Crippen molar-refractivity contribution in [2.75, 3.05) is 6.54 Å². The molecule has 1 aromatic carbocycles. The Kier molecular flexibility index (Phi) is 4.32. The zero-order valence-electron chi connectivity index (χ0n) is 11.3. The second-order valence-electron chi connectivity index (χ2n) is 4.56. The summed E-state index contributed by atoms with van der Waals surface area (Å²) in [6.45, 7) is 6.20. The maximum absolute atomic E-state index is 14.1. The molecule has 19 heavy (non-hydrogen) atoms. The van der Waals surface area contributed by atoms with E-state index in [0.717, 1.165) is 10.4 Å². The number of rotatable bonds is 4. The van der Waals surface area contributed by atoms with E-state index in [2.05, 4.69) is 5.32 Å². The van der Waals surface area contributed by atoms with Crippen molar-refractivity contribution < 1.29 is 8.78 Å². The summed E-state index contributed by atoms with van der Waals surface area (Å²) < 4.78 is 27.9. The van der Waals surface area contributed by atoms with Crippen LogP contribution in [0.2, 0.25) is 0 Å². The second-order valence-corrected chi connectivity index (χ2v) is 5.51. The predicted molar refractivity (Wildman–Crippen MR) is 75.7 cm³/mol. The van der Waals surface area contributed by atoms with Crippen molar-refractivity contribution >= 4 is 11.3 Å². The van der Waals surface area contributed by atoms with E-state index in [1.165, 1.54) is 0 Å². The summed E-state index contributed by atoms with van der Waals surface area (Å²) in [5.74, 6) is -1.51. The quantitative estimate of drug-likeness (QED) is 0.879. The van der Waals surface area contributed by atoms with Gasteiger partial charge in [-0.1, -0.05) is 19.1 Å². The molecule has 1 atom stereocenters. The Balaban J connectivity index is 2.52. The van der Waals surface area contributed by atoms with E-state index >= 15 is 0 Å². The van der Waals surface area contributed by atoms with E-state index in [0.29, 0.717) is 17.7 Å². The van der Waals surface area contributed by atoms with Crippen LogP contribution in [0.1, 0.15) is 34.5 Å². The molecule has 2 rings (SSSR count). The van der Waals surface area contributed by atoms with Crippen LogP contribution in [0.25, 0.3) is 0 Å². The molecule has 0 aliphatic rings.